The lowest BCUT2D eigenvalue weighted by atomic mass is 10.0. The number of amides is 1. The summed E-state index contributed by atoms with van der Waals surface area (Å²) in [5.41, 5.74) is 3.33. The van der Waals surface area contributed by atoms with E-state index in [-0.39, 0.29) is 0 Å². The van der Waals surface area contributed by atoms with Crippen molar-refractivity contribution in [1.82, 2.24) is 0 Å². The average molecular weight is 234 g/mol. The number of nitrogens with zero attached hydrogens (tertiary/aromatic N) is 1. The zero-order valence-corrected chi connectivity index (χ0v) is 10.3. The third-order valence-electron chi connectivity index (χ3n) is 2.96. The van der Waals surface area contributed by atoms with Gasteiger partial charge in [0.2, 0.25) is 0 Å². The average Bonchev–Trinajstić information content (AvgIpc) is 2.30. The van der Waals surface area contributed by atoms with Crippen LogP contribution in [0.2, 0.25) is 0 Å². The first kappa shape index (κ1) is 11.8. The SMILES string of the molecule is CCOC(=O)Nc1ccc2c(c1)N(C)CCC2. The first-order valence-electron chi connectivity index (χ1n) is 5.98. The van der Waals surface area contributed by atoms with E-state index in [0.717, 1.165) is 18.7 Å². The minimum Gasteiger partial charge on any atom is -0.450 e. The molecule has 1 amide bonds. The van der Waals surface area contributed by atoms with Crippen molar-refractivity contribution in [3.05, 3.63) is 23.8 Å². The monoisotopic (exact) mass is 234 g/mol. The summed E-state index contributed by atoms with van der Waals surface area (Å²) in [5, 5.41) is 2.73. The second-order valence-electron chi connectivity index (χ2n) is 4.21. The summed E-state index contributed by atoms with van der Waals surface area (Å²) in [5.74, 6) is 0. The van der Waals surface area contributed by atoms with Gasteiger partial charge in [0.15, 0.2) is 0 Å². The van der Waals surface area contributed by atoms with Gasteiger partial charge in [-0.25, -0.2) is 4.79 Å². The van der Waals surface area contributed by atoms with Gasteiger partial charge >= 0.3 is 6.09 Å². The number of benzene rings is 1. The van der Waals surface area contributed by atoms with Crippen molar-refractivity contribution in [2.75, 3.05) is 30.4 Å². The summed E-state index contributed by atoms with van der Waals surface area (Å²) in [7, 11) is 2.08. The molecule has 92 valence electrons. The van der Waals surface area contributed by atoms with Crippen LogP contribution >= 0.6 is 0 Å². The van der Waals surface area contributed by atoms with Crippen LogP contribution in [0.15, 0.2) is 18.2 Å². The molecule has 0 saturated carbocycles. The molecular weight excluding hydrogens is 216 g/mol. The van der Waals surface area contributed by atoms with Gasteiger partial charge < -0.3 is 9.64 Å². The summed E-state index contributed by atoms with van der Waals surface area (Å²) in [4.78, 5) is 13.5. The van der Waals surface area contributed by atoms with E-state index in [4.69, 9.17) is 4.74 Å². The van der Waals surface area contributed by atoms with Gasteiger partial charge in [-0.05, 0) is 37.5 Å². The third-order valence-corrected chi connectivity index (χ3v) is 2.96. The number of nitrogens with one attached hydrogen (secondary N) is 1. The molecule has 4 nitrogen and oxygen atoms in total. The molecule has 0 spiro atoms. The van der Waals surface area contributed by atoms with Gasteiger partial charge in [-0.15, -0.1) is 0 Å². The molecule has 0 saturated heterocycles. The van der Waals surface area contributed by atoms with Crippen LogP contribution in [0.5, 0.6) is 0 Å². The molecule has 0 aliphatic carbocycles. The van der Waals surface area contributed by atoms with E-state index in [0.29, 0.717) is 6.61 Å². The Morgan fingerprint density at radius 1 is 1.53 bits per heavy atom. The maximum absolute atomic E-state index is 11.3. The molecule has 1 heterocycles. The molecule has 2 rings (SSSR count). The first-order chi connectivity index (χ1) is 8.20. The van der Waals surface area contributed by atoms with Crippen LogP contribution < -0.4 is 10.2 Å². The lowest BCUT2D eigenvalue weighted by Crippen LogP contribution is -2.25. The fraction of sp³-hybridized carbons (Fsp3) is 0.462. The predicted molar refractivity (Wildman–Crippen MR) is 68.7 cm³/mol. The van der Waals surface area contributed by atoms with Gasteiger partial charge in [-0.2, -0.15) is 0 Å². The van der Waals surface area contributed by atoms with E-state index in [2.05, 4.69) is 23.3 Å². The van der Waals surface area contributed by atoms with Crippen molar-refractivity contribution >= 4 is 17.5 Å². The summed E-state index contributed by atoms with van der Waals surface area (Å²) in [6.45, 7) is 3.24. The molecule has 0 aromatic heterocycles. The Morgan fingerprint density at radius 2 is 2.35 bits per heavy atom. The van der Waals surface area contributed by atoms with Crippen LogP contribution in [0.25, 0.3) is 0 Å². The minimum atomic E-state index is -0.397. The second-order valence-corrected chi connectivity index (χ2v) is 4.21. The van der Waals surface area contributed by atoms with Gasteiger partial charge in [-0.1, -0.05) is 6.07 Å². The number of hydrogen-bond donors (Lipinski definition) is 1. The van der Waals surface area contributed by atoms with E-state index in [1.165, 1.54) is 17.7 Å². The van der Waals surface area contributed by atoms with Crippen molar-refractivity contribution in [1.29, 1.82) is 0 Å². The Kier molecular flexibility index (Phi) is 3.52. The number of anilines is 2. The lowest BCUT2D eigenvalue weighted by Gasteiger charge is -2.27. The molecule has 0 unspecified atom stereocenters. The van der Waals surface area contributed by atoms with Crippen molar-refractivity contribution in [3.63, 3.8) is 0 Å². The molecule has 1 N–H and O–H groups in total. The Morgan fingerprint density at radius 3 is 3.12 bits per heavy atom. The molecule has 0 bridgehead atoms. The fourth-order valence-corrected chi connectivity index (χ4v) is 2.12. The lowest BCUT2D eigenvalue weighted by molar-refractivity contribution is 0.168. The molecule has 1 aliphatic rings. The highest BCUT2D eigenvalue weighted by Gasteiger charge is 2.14. The van der Waals surface area contributed by atoms with Crippen molar-refractivity contribution < 1.29 is 9.53 Å². The summed E-state index contributed by atoms with van der Waals surface area (Å²) >= 11 is 0. The van der Waals surface area contributed by atoms with Crippen molar-refractivity contribution in [3.8, 4) is 0 Å². The Balaban J connectivity index is 2.15. The van der Waals surface area contributed by atoms with Crippen LogP contribution in [0, 0.1) is 0 Å². The Labute approximate surface area is 102 Å². The van der Waals surface area contributed by atoms with Crippen LogP contribution in [0.3, 0.4) is 0 Å². The normalized spacial score (nSPS) is 14.1. The maximum atomic E-state index is 11.3. The molecule has 4 heteroatoms. The van der Waals surface area contributed by atoms with E-state index < -0.39 is 6.09 Å². The smallest absolute Gasteiger partial charge is 0.411 e. The molecule has 0 fully saturated rings. The molecule has 1 aliphatic heterocycles. The fourth-order valence-electron chi connectivity index (χ4n) is 2.12. The highest BCUT2D eigenvalue weighted by atomic mass is 16.5. The maximum Gasteiger partial charge on any atom is 0.411 e. The number of hydrogen-bond acceptors (Lipinski definition) is 3. The van der Waals surface area contributed by atoms with Gasteiger partial charge in [0.05, 0.1) is 6.61 Å². The number of ether oxygens (including phenoxy) is 1. The Hall–Kier alpha value is -1.71. The van der Waals surface area contributed by atoms with Crippen molar-refractivity contribution in [2.45, 2.75) is 19.8 Å². The zero-order chi connectivity index (χ0) is 12.3. The standard InChI is InChI=1S/C13H18N2O2/c1-3-17-13(16)14-11-7-6-10-5-4-8-15(2)12(10)9-11/h6-7,9H,3-5,8H2,1-2H3,(H,14,16). The third kappa shape index (κ3) is 2.70. The van der Waals surface area contributed by atoms with E-state index in [1.54, 1.807) is 6.92 Å². The highest BCUT2D eigenvalue weighted by Crippen LogP contribution is 2.28. The van der Waals surface area contributed by atoms with Crippen molar-refractivity contribution in [2.24, 2.45) is 0 Å². The predicted octanol–water partition coefficient (Wildman–Crippen LogP) is 2.64. The number of aryl methyl sites for hydroxylation is 1. The zero-order valence-electron chi connectivity index (χ0n) is 10.3. The van der Waals surface area contributed by atoms with Gasteiger partial charge in [0, 0.05) is 25.0 Å². The van der Waals surface area contributed by atoms with Crippen LogP contribution in [0.4, 0.5) is 16.2 Å². The summed E-state index contributed by atoms with van der Waals surface area (Å²) < 4.78 is 4.85. The molecular formula is C13H18N2O2. The second kappa shape index (κ2) is 5.08. The number of carbonyl (C=O) groups is 1. The van der Waals surface area contributed by atoms with Crippen LogP contribution in [-0.4, -0.2) is 26.3 Å². The number of fused-ring (bicyclic) bond motifs is 1. The topological polar surface area (TPSA) is 41.6 Å². The van der Waals surface area contributed by atoms with E-state index in [1.807, 2.05) is 12.1 Å². The summed E-state index contributed by atoms with van der Waals surface area (Å²) in [6.07, 6.45) is 1.90. The Bertz CT molecular complexity index is 418. The molecule has 1 aromatic carbocycles. The van der Waals surface area contributed by atoms with E-state index >= 15 is 0 Å². The quantitative estimate of drug-likeness (QED) is 0.855. The molecule has 0 atom stereocenters. The molecule has 17 heavy (non-hydrogen) atoms. The molecule has 0 radical (unpaired) electrons. The van der Waals surface area contributed by atoms with Gasteiger partial charge in [0.1, 0.15) is 0 Å². The van der Waals surface area contributed by atoms with Crippen LogP contribution in [0.1, 0.15) is 18.9 Å². The van der Waals surface area contributed by atoms with Gasteiger partial charge in [0.25, 0.3) is 0 Å². The highest BCUT2D eigenvalue weighted by molar-refractivity contribution is 5.85. The summed E-state index contributed by atoms with van der Waals surface area (Å²) in [6, 6.07) is 6.01. The van der Waals surface area contributed by atoms with Crippen LogP contribution in [-0.2, 0) is 11.2 Å². The van der Waals surface area contributed by atoms with E-state index in [9.17, 15) is 4.79 Å². The number of rotatable bonds is 2. The first-order valence-corrected chi connectivity index (χ1v) is 5.98. The molecule has 1 aromatic rings. The largest absolute Gasteiger partial charge is 0.450 e. The van der Waals surface area contributed by atoms with Gasteiger partial charge in [-0.3, -0.25) is 5.32 Å². The minimum absolute atomic E-state index is 0.386. The number of carbonyl (C=O) groups excluding carboxylic acids is 1.